The van der Waals surface area contributed by atoms with Gasteiger partial charge in [0, 0.05) is 41.6 Å². The van der Waals surface area contributed by atoms with Crippen LogP contribution in [0.4, 0.5) is 5.69 Å². The van der Waals surface area contributed by atoms with Gasteiger partial charge in [-0.15, -0.1) is 0 Å². The highest BCUT2D eigenvalue weighted by Gasteiger charge is 2.22. The third-order valence-electron chi connectivity index (χ3n) is 3.29. The molecule has 0 aromatic heterocycles. The number of ether oxygens (including phenoxy) is 2. The lowest BCUT2D eigenvalue weighted by molar-refractivity contribution is -0.122. The quantitative estimate of drug-likeness (QED) is 0.852. The molecule has 0 saturated carbocycles. The molecule has 1 heterocycles. The summed E-state index contributed by atoms with van der Waals surface area (Å²) in [6.45, 7) is 1.15. The Bertz CT molecular complexity index is 625. The van der Waals surface area contributed by atoms with Crippen LogP contribution in [0.5, 0.6) is 5.75 Å². The smallest absolute Gasteiger partial charge is 0.264 e. The number of benzene rings is 1. The number of nitrogens with one attached hydrogen (secondary N) is 1. The molecule has 0 bridgehead atoms. The maximum absolute atomic E-state index is 12.1. The largest absolute Gasteiger partial charge is 0.495 e. The van der Waals surface area contributed by atoms with Crippen LogP contribution in [-0.4, -0.2) is 34.6 Å². The number of hydrogen-bond acceptors (Lipinski definition) is 5. The highest BCUT2D eigenvalue weighted by molar-refractivity contribution is 8.13. The third kappa shape index (κ3) is 4.09. The van der Waals surface area contributed by atoms with E-state index < -0.39 is 9.05 Å². The van der Waals surface area contributed by atoms with E-state index in [4.69, 9.17) is 20.2 Å². The van der Waals surface area contributed by atoms with Crippen molar-refractivity contribution in [2.24, 2.45) is 5.92 Å². The first-order valence-electron chi connectivity index (χ1n) is 6.43. The van der Waals surface area contributed by atoms with Gasteiger partial charge in [-0.1, -0.05) is 0 Å². The van der Waals surface area contributed by atoms with Crippen LogP contribution in [0, 0.1) is 5.92 Å². The van der Waals surface area contributed by atoms with Gasteiger partial charge in [0.2, 0.25) is 5.91 Å². The molecule has 8 heteroatoms. The summed E-state index contributed by atoms with van der Waals surface area (Å²) >= 11 is 0. The molecule has 1 N–H and O–H groups in total. The number of amides is 1. The molecule has 1 fully saturated rings. The molecule has 1 aliphatic rings. The van der Waals surface area contributed by atoms with Crippen molar-refractivity contribution < 1.29 is 22.7 Å². The molecule has 0 radical (unpaired) electrons. The molecule has 1 aromatic rings. The van der Waals surface area contributed by atoms with Crippen LogP contribution in [0.1, 0.15) is 12.8 Å². The van der Waals surface area contributed by atoms with Crippen molar-refractivity contribution in [1.29, 1.82) is 0 Å². The van der Waals surface area contributed by atoms with E-state index in [1.54, 1.807) is 0 Å². The lowest BCUT2D eigenvalue weighted by Gasteiger charge is -2.21. The van der Waals surface area contributed by atoms with Crippen molar-refractivity contribution in [3.05, 3.63) is 18.2 Å². The first kappa shape index (κ1) is 16.1. The minimum Gasteiger partial charge on any atom is -0.495 e. The molecule has 6 nitrogen and oxygen atoms in total. The number of methoxy groups -OCH3 is 1. The predicted molar refractivity (Wildman–Crippen MR) is 78.2 cm³/mol. The lowest BCUT2D eigenvalue weighted by Crippen LogP contribution is -2.28. The van der Waals surface area contributed by atoms with E-state index in [-0.39, 0.29) is 22.5 Å². The van der Waals surface area contributed by atoms with Crippen LogP contribution in [0.3, 0.4) is 0 Å². The van der Waals surface area contributed by atoms with Gasteiger partial charge in [-0.05, 0) is 25.0 Å². The fourth-order valence-corrected chi connectivity index (χ4v) is 3.15. The molecule has 1 saturated heterocycles. The highest BCUT2D eigenvalue weighted by atomic mass is 35.7. The van der Waals surface area contributed by atoms with Crippen molar-refractivity contribution >= 4 is 31.3 Å². The molecule has 0 spiro atoms. The minimum absolute atomic E-state index is 0.0924. The standard InChI is InChI=1S/C13H16ClNO5S/c1-19-11-8-10(2-3-12(11)21(14,17)18)15-13(16)9-4-6-20-7-5-9/h2-3,8-9H,4-7H2,1H3,(H,15,16). The Hall–Kier alpha value is -1.31. The van der Waals surface area contributed by atoms with Crippen LogP contribution in [-0.2, 0) is 18.6 Å². The molecule has 1 aliphatic heterocycles. The fraction of sp³-hybridized carbons (Fsp3) is 0.462. The first-order chi connectivity index (χ1) is 9.91. The van der Waals surface area contributed by atoms with Gasteiger partial charge in [0.1, 0.15) is 10.6 Å². The summed E-state index contributed by atoms with van der Waals surface area (Å²) in [4.78, 5) is 12.0. The topological polar surface area (TPSA) is 81.7 Å². The molecule has 2 rings (SSSR count). The van der Waals surface area contributed by atoms with E-state index in [2.05, 4.69) is 5.32 Å². The van der Waals surface area contributed by atoms with E-state index in [0.29, 0.717) is 31.7 Å². The maximum atomic E-state index is 12.1. The number of anilines is 1. The predicted octanol–water partition coefficient (Wildman–Crippen LogP) is 1.99. The van der Waals surface area contributed by atoms with Gasteiger partial charge in [-0.3, -0.25) is 4.79 Å². The summed E-state index contributed by atoms with van der Waals surface area (Å²) in [7, 11) is 2.76. The van der Waals surface area contributed by atoms with E-state index >= 15 is 0 Å². The van der Waals surface area contributed by atoms with Crippen molar-refractivity contribution in [1.82, 2.24) is 0 Å². The SMILES string of the molecule is COc1cc(NC(=O)C2CCOCC2)ccc1S(=O)(=O)Cl. The van der Waals surface area contributed by atoms with Crippen LogP contribution in [0.25, 0.3) is 0 Å². The van der Waals surface area contributed by atoms with Crippen LogP contribution in [0.15, 0.2) is 23.1 Å². The lowest BCUT2D eigenvalue weighted by atomic mass is 9.99. The van der Waals surface area contributed by atoms with E-state index in [1.807, 2.05) is 0 Å². The van der Waals surface area contributed by atoms with Gasteiger partial charge in [0.15, 0.2) is 0 Å². The normalized spacial score (nSPS) is 16.5. The zero-order valence-electron chi connectivity index (χ0n) is 11.5. The van der Waals surface area contributed by atoms with Crippen molar-refractivity contribution in [2.45, 2.75) is 17.7 Å². The molecule has 0 unspecified atom stereocenters. The van der Waals surface area contributed by atoms with Gasteiger partial charge >= 0.3 is 0 Å². The van der Waals surface area contributed by atoms with Gasteiger partial charge in [-0.2, -0.15) is 0 Å². The van der Waals surface area contributed by atoms with E-state index in [9.17, 15) is 13.2 Å². The number of hydrogen-bond donors (Lipinski definition) is 1. The zero-order chi connectivity index (χ0) is 15.5. The maximum Gasteiger partial charge on any atom is 0.264 e. The Morgan fingerprint density at radius 2 is 2.05 bits per heavy atom. The zero-order valence-corrected chi connectivity index (χ0v) is 13.0. The molecule has 0 atom stereocenters. The molecule has 1 aromatic carbocycles. The van der Waals surface area contributed by atoms with Gasteiger partial charge in [0.05, 0.1) is 7.11 Å². The molecular formula is C13H16ClNO5S. The van der Waals surface area contributed by atoms with Gasteiger partial charge in [0.25, 0.3) is 9.05 Å². The summed E-state index contributed by atoms with van der Waals surface area (Å²) in [6, 6.07) is 4.22. The van der Waals surface area contributed by atoms with Crippen LogP contribution in [0.2, 0.25) is 0 Å². The second-order valence-corrected chi connectivity index (χ2v) is 7.21. The highest BCUT2D eigenvalue weighted by Crippen LogP contribution is 2.30. The average Bonchev–Trinajstić information content (AvgIpc) is 2.46. The summed E-state index contributed by atoms with van der Waals surface area (Å²) in [5.41, 5.74) is 0.465. The van der Waals surface area contributed by atoms with E-state index in [1.165, 1.54) is 25.3 Å². The molecule has 1 amide bonds. The van der Waals surface area contributed by atoms with Crippen LogP contribution < -0.4 is 10.1 Å². The third-order valence-corrected chi connectivity index (χ3v) is 4.65. The second-order valence-electron chi connectivity index (χ2n) is 4.68. The monoisotopic (exact) mass is 333 g/mol. The Morgan fingerprint density at radius 1 is 1.38 bits per heavy atom. The Kier molecular flexibility index (Phi) is 5.08. The number of halogens is 1. The minimum atomic E-state index is -3.89. The molecule has 116 valence electrons. The van der Waals surface area contributed by atoms with Crippen molar-refractivity contribution in [3.8, 4) is 5.75 Å². The summed E-state index contributed by atoms with van der Waals surface area (Å²) in [6.07, 6.45) is 1.36. The molecular weight excluding hydrogens is 318 g/mol. The Balaban J connectivity index is 2.15. The number of carbonyl (C=O) groups is 1. The van der Waals surface area contributed by atoms with Gasteiger partial charge < -0.3 is 14.8 Å². The molecule has 0 aliphatic carbocycles. The summed E-state index contributed by atoms with van der Waals surface area (Å²) in [5, 5.41) is 2.75. The number of carbonyl (C=O) groups excluding carboxylic acids is 1. The second kappa shape index (κ2) is 6.64. The first-order valence-corrected chi connectivity index (χ1v) is 8.74. The van der Waals surface area contributed by atoms with Crippen molar-refractivity contribution in [2.75, 3.05) is 25.6 Å². The van der Waals surface area contributed by atoms with E-state index in [0.717, 1.165) is 0 Å². The fourth-order valence-electron chi connectivity index (χ4n) is 2.15. The Morgan fingerprint density at radius 3 is 2.62 bits per heavy atom. The average molecular weight is 334 g/mol. The van der Waals surface area contributed by atoms with Gasteiger partial charge in [-0.25, -0.2) is 8.42 Å². The van der Waals surface area contributed by atoms with Crippen LogP contribution >= 0.6 is 10.7 Å². The Labute approximate surface area is 127 Å². The van der Waals surface area contributed by atoms with Crippen molar-refractivity contribution in [3.63, 3.8) is 0 Å². The molecule has 21 heavy (non-hydrogen) atoms. The summed E-state index contributed by atoms with van der Waals surface area (Å²) in [5.74, 6) is -0.113. The number of rotatable bonds is 4. The summed E-state index contributed by atoms with van der Waals surface area (Å²) < 4.78 is 33.0.